The molecule has 0 bridgehead atoms. The van der Waals surface area contributed by atoms with Crippen LogP contribution in [0.2, 0.25) is 0 Å². The zero-order valence-corrected chi connectivity index (χ0v) is 14.6. The molecule has 6 heteroatoms. The van der Waals surface area contributed by atoms with Gasteiger partial charge in [0.2, 0.25) is 5.95 Å². The Hall–Kier alpha value is -1.98. The normalized spacial score (nSPS) is 19.0. The molecule has 1 saturated heterocycles. The summed E-state index contributed by atoms with van der Waals surface area (Å²) >= 11 is 0. The topological polar surface area (TPSA) is 41.1 Å². The first-order chi connectivity index (χ1) is 11.4. The van der Waals surface area contributed by atoms with E-state index in [0.717, 1.165) is 12.8 Å². The van der Waals surface area contributed by atoms with Gasteiger partial charge in [0.15, 0.2) is 0 Å². The van der Waals surface area contributed by atoms with E-state index in [1.54, 1.807) is 17.2 Å². The van der Waals surface area contributed by atoms with E-state index in [1.165, 1.54) is 5.57 Å². The summed E-state index contributed by atoms with van der Waals surface area (Å²) in [4.78, 5) is 10.2. The van der Waals surface area contributed by atoms with E-state index in [-0.39, 0.29) is 19.0 Å². The first-order valence-corrected chi connectivity index (χ1v) is 8.44. The number of rotatable bonds is 7. The van der Waals surface area contributed by atoms with Crippen LogP contribution in [0, 0.1) is 0 Å². The fourth-order valence-electron chi connectivity index (χ4n) is 2.74. The van der Waals surface area contributed by atoms with Crippen molar-refractivity contribution in [2.75, 3.05) is 23.3 Å². The van der Waals surface area contributed by atoms with Crippen molar-refractivity contribution < 1.29 is 8.78 Å². The van der Waals surface area contributed by atoms with Crippen LogP contribution < -0.4 is 10.2 Å². The maximum atomic E-state index is 13.4. The van der Waals surface area contributed by atoms with Gasteiger partial charge in [-0.15, -0.1) is 0 Å². The number of anilines is 2. The highest BCUT2D eigenvalue weighted by Crippen LogP contribution is 2.30. The number of allylic oxidation sites excluding steroid dienone is 4. The van der Waals surface area contributed by atoms with Gasteiger partial charge in [-0.25, -0.2) is 13.8 Å². The lowest BCUT2D eigenvalue weighted by molar-refractivity contribution is 0.0256. The highest BCUT2D eigenvalue weighted by atomic mass is 19.3. The van der Waals surface area contributed by atoms with Crippen LogP contribution in [-0.2, 0) is 0 Å². The Labute approximate surface area is 142 Å². The molecular formula is C18H26F2N4. The second kappa shape index (κ2) is 8.22. The van der Waals surface area contributed by atoms with Crippen molar-refractivity contribution in [3.05, 3.63) is 36.1 Å². The second-order valence-corrected chi connectivity index (χ2v) is 6.21. The molecule has 0 spiro atoms. The molecule has 0 radical (unpaired) electrons. The molecule has 2 rings (SSSR count). The predicted octanol–water partition coefficient (Wildman–Crippen LogP) is 4.43. The summed E-state index contributed by atoms with van der Waals surface area (Å²) in [5, 5.41) is 3.26. The standard InChI is InChI=1S/C18H26F2N4/c1-4-6-15(5-2)8-7-14(3)22-17-21-11-9-16(23-17)24-12-10-18(19,20)13-24/h4-6,9,11,14H,7-8,10,12-13H2,1-3H3,(H,21,22,23)/b6-4-,15-5+. The van der Waals surface area contributed by atoms with Crippen molar-refractivity contribution >= 4 is 11.8 Å². The van der Waals surface area contributed by atoms with Gasteiger partial charge >= 0.3 is 0 Å². The lowest BCUT2D eigenvalue weighted by Crippen LogP contribution is -2.26. The molecule has 1 fully saturated rings. The molecule has 1 aliphatic heterocycles. The number of hydrogen-bond donors (Lipinski definition) is 1. The van der Waals surface area contributed by atoms with Gasteiger partial charge in [-0.05, 0) is 39.7 Å². The van der Waals surface area contributed by atoms with Crippen LogP contribution in [0.1, 0.15) is 40.0 Å². The summed E-state index contributed by atoms with van der Waals surface area (Å²) in [6, 6.07) is 1.88. The van der Waals surface area contributed by atoms with E-state index in [0.29, 0.717) is 18.3 Å². The van der Waals surface area contributed by atoms with Crippen molar-refractivity contribution in [2.45, 2.75) is 52.0 Å². The lowest BCUT2D eigenvalue weighted by Gasteiger charge is -2.19. The summed E-state index contributed by atoms with van der Waals surface area (Å²) < 4.78 is 26.7. The molecule has 0 amide bonds. The zero-order chi connectivity index (χ0) is 17.6. The molecule has 1 atom stereocenters. The molecule has 4 nitrogen and oxygen atoms in total. The van der Waals surface area contributed by atoms with Gasteiger partial charge in [0.25, 0.3) is 5.92 Å². The molecule has 1 unspecified atom stereocenters. The van der Waals surface area contributed by atoms with E-state index >= 15 is 0 Å². The Morgan fingerprint density at radius 1 is 1.46 bits per heavy atom. The van der Waals surface area contributed by atoms with E-state index in [4.69, 9.17) is 0 Å². The Bertz CT molecular complexity index is 598. The first-order valence-electron chi connectivity index (χ1n) is 8.44. The molecule has 1 aromatic rings. The van der Waals surface area contributed by atoms with Crippen molar-refractivity contribution in [2.24, 2.45) is 0 Å². The Morgan fingerprint density at radius 3 is 2.88 bits per heavy atom. The summed E-state index contributed by atoms with van der Waals surface area (Å²) in [7, 11) is 0. The minimum Gasteiger partial charge on any atom is -0.352 e. The SMILES string of the molecule is C/C=C\C(=C/C)CCC(C)Nc1nccc(N2CCC(F)(F)C2)n1. The van der Waals surface area contributed by atoms with Gasteiger partial charge in [-0.1, -0.05) is 23.8 Å². The largest absolute Gasteiger partial charge is 0.352 e. The predicted molar refractivity (Wildman–Crippen MR) is 94.7 cm³/mol. The number of hydrogen-bond acceptors (Lipinski definition) is 4. The van der Waals surface area contributed by atoms with Crippen molar-refractivity contribution in [1.29, 1.82) is 0 Å². The molecule has 0 aliphatic carbocycles. The van der Waals surface area contributed by atoms with Crippen molar-refractivity contribution in [1.82, 2.24) is 9.97 Å². The second-order valence-electron chi connectivity index (χ2n) is 6.21. The third kappa shape index (κ3) is 5.28. The maximum Gasteiger partial charge on any atom is 0.266 e. The van der Waals surface area contributed by atoms with Crippen LogP contribution >= 0.6 is 0 Å². The lowest BCUT2D eigenvalue weighted by atomic mass is 10.1. The van der Waals surface area contributed by atoms with E-state index < -0.39 is 5.92 Å². The maximum absolute atomic E-state index is 13.4. The summed E-state index contributed by atoms with van der Waals surface area (Å²) in [6.45, 7) is 6.17. The monoisotopic (exact) mass is 336 g/mol. The van der Waals surface area contributed by atoms with Crippen LogP contribution in [0.5, 0.6) is 0 Å². The number of nitrogens with zero attached hydrogens (tertiary/aromatic N) is 3. The fourth-order valence-corrected chi connectivity index (χ4v) is 2.74. The zero-order valence-electron chi connectivity index (χ0n) is 14.6. The number of aromatic nitrogens is 2. The summed E-state index contributed by atoms with van der Waals surface area (Å²) in [5.74, 6) is -1.58. The van der Waals surface area contributed by atoms with E-state index in [1.807, 2.05) is 19.9 Å². The first kappa shape index (κ1) is 18.4. The van der Waals surface area contributed by atoms with Crippen molar-refractivity contribution in [3.8, 4) is 0 Å². The molecule has 0 saturated carbocycles. The van der Waals surface area contributed by atoms with Gasteiger partial charge < -0.3 is 10.2 Å². The summed E-state index contributed by atoms with van der Waals surface area (Å²) in [6.07, 6.45) is 9.66. The van der Waals surface area contributed by atoms with Crippen molar-refractivity contribution in [3.63, 3.8) is 0 Å². The Kier molecular flexibility index (Phi) is 6.29. The molecule has 1 N–H and O–H groups in total. The molecule has 1 aromatic heterocycles. The average molecular weight is 336 g/mol. The Balaban J connectivity index is 1.92. The molecule has 0 aromatic carbocycles. The van der Waals surface area contributed by atoms with Crippen LogP contribution in [0.25, 0.3) is 0 Å². The highest BCUT2D eigenvalue weighted by molar-refractivity contribution is 5.44. The smallest absolute Gasteiger partial charge is 0.266 e. The van der Waals surface area contributed by atoms with Gasteiger partial charge in [0.1, 0.15) is 5.82 Å². The number of halogens is 2. The Morgan fingerprint density at radius 2 is 2.25 bits per heavy atom. The van der Waals surface area contributed by atoms with Crippen LogP contribution in [-0.4, -0.2) is 35.0 Å². The molecule has 24 heavy (non-hydrogen) atoms. The van der Waals surface area contributed by atoms with Crippen LogP contribution in [0.3, 0.4) is 0 Å². The highest BCUT2D eigenvalue weighted by Gasteiger charge is 2.38. The minimum atomic E-state index is -2.62. The van der Waals surface area contributed by atoms with Gasteiger partial charge in [-0.3, -0.25) is 0 Å². The quantitative estimate of drug-likeness (QED) is 0.748. The molecule has 2 heterocycles. The average Bonchev–Trinajstić information content (AvgIpc) is 2.92. The van der Waals surface area contributed by atoms with Gasteiger partial charge in [0, 0.05) is 25.2 Å². The van der Waals surface area contributed by atoms with E-state index in [2.05, 4.69) is 34.4 Å². The van der Waals surface area contributed by atoms with E-state index in [9.17, 15) is 8.78 Å². The third-order valence-electron chi connectivity index (χ3n) is 4.13. The molecule has 1 aliphatic rings. The van der Waals surface area contributed by atoms with Gasteiger partial charge in [-0.2, -0.15) is 4.98 Å². The fraction of sp³-hybridized carbons (Fsp3) is 0.556. The number of nitrogens with one attached hydrogen (secondary N) is 1. The molecular weight excluding hydrogens is 310 g/mol. The molecule has 132 valence electrons. The van der Waals surface area contributed by atoms with Crippen LogP contribution in [0.4, 0.5) is 20.5 Å². The van der Waals surface area contributed by atoms with Crippen LogP contribution in [0.15, 0.2) is 36.1 Å². The summed E-state index contributed by atoms with van der Waals surface area (Å²) in [5.41, 5.74) is 1.29. The van der Waals surface area contributed by atoms with Gasteiger partial charge in [0.05, 0.1) is 6.54 Å². The minimum absolute atomic E-state index is 0.118. The third-order valence-corrected chi connectivity index (χ3v) is 4.13. The number of alkyl halides is 2.